The van der Waals surface area contributed by atoms with Gasteiger partial charge >= 0.3 is 0 Å². The average molecular weight is 280 g/mol. The number of nitrogens with zero attached hydrogens (tertiary/aromatic N) is 1. The second-order valence-corrected chi connectivity index (χ2v) is 5.22. The predicted octanol–water partition coefficient (Wildman–Crippen LogP) is 1.53. The van der Waals surface area contributed by atoms with E-state index in [1.54, 1.807) is 31.4 Å². The molecule has 0 aliphatic carbocycles. The molecule has 0 fully saturated rings. The summed E-state index contributed by atoms with van der Waals surface area (Å²) >= 11 is 0. The third-order valence-corrected chi connectivity index (χ3v) is 3.22. The number of sulfonamides is 1. The summed E-state index contributed by atoms with van der Waals surface area (Å²) in [6.45, 7) is 0. The SMILES string of the molecule is COc1ccc(Oc2ccc(S(N)(=O)=O)cn2)cc1. The number of primary sulfonamides is 1. The van der Waals surface area contributed by atoms with E-state index in [9.17, 15) is 8.42 Å². The van der Waals surface area contributed by atoms with Crippen molar-refractivity contribution in [3.63, 3.8) is 0 Å². The van der Waals surface area contributed by atoms with Gasteiger partial charge in [0.05, 0.1) is 13.3 Å². The van der Waals surface area contributed by atoms with E-state index < -0.39 is 10.0 Å². The van der Waals surface area contributed by atoms with E-state index in [0.29, 0.717) is 11.5 Å². The fraction of sp³-hybridized carbons (Fsp3) is 0.0833. The van der Waals surface area contributed by atoms with Gasteiger partial charge in [0.25, 0.3) is 0 Å². The zero-order valence-corrected chi connectivity index (χ0v) is 10.9. The zero-order chi connectivity index (χ0) is 13.9. The second kappa shape index (κ2) is 5.25. The number of hydrogen-bond donors (Lipinski definition) is 1. The van der Waals surface area contributed by atoms with Crippen molar-refractivity contribution in [2.24, 2.45) is 5.14 Å². The number of aromatic nitrogens is 1. The van der Waals surface area contributed by atoms with Gasteiger partial charge in [-0.2, -0.15) is 0 Å². The average Bonchev–Trinajstić information content (AvgIpc) is 2.39. The van der Waals surface area contributed by atoms with Crippen LogP contribution in [0.4, 0.5) is 0 Å². The minimum absolute atomic E-state index is 0.0606. The first-order valence-electron chi connectivity index (χ1n) is 5.30. The molecule has 2 N–H and O–H groups in total. The molecule has 6 nitrogen and oxygen atoms in total. The van der Waals surface area contributed by atoms with Crippen LogP contribution in [0.3, 0.4) is 0 Å². The number of rotatable bonds is 4. The van der Waals surface area contributed by atoms with Crippen molar-refractivity contribution in [3.05, 3.63) is 42.6 Å². The van der Waals surface area contributed by atoms with Crippen LogP contribution in [0.15, 0.2) is 47.5 Å². The largest absolute Gasteiger partial charge is 0.497 e. The molecule has 1 aromatic carbocycles. The molecule has 2 aromatic rings. The first-order valence-corrected chi connectivity index (χ1v) is 6.84. The highest BCUT2D eigenvalue weighted by atomic mass is 32.2. The third kappa shape index (κ3) is 3.43. The van der Waals surface area contributed by atoms with Crippen molar-refractivity contribution in [2.75, 3.05) is 7.11 Å². The maximum Gasteiger partial charge on any atom is 0.239 e. The second-order valence-electron chi connectivity index (χ2n) is 3.65. The molecule has 0 unspecified atom stereocenters. The Morgan fingerprint density at radius 2 is 1.68 bits per heavy atom. The van der Waals surface area contributed by atoms with Gasteiger partial charge in [0.1, 0.15) is 16.4 Å². The normalized spacial score (nSPS) is 11.1. The molecule has 2 rings (SSSR count). The van der Waals surface area contributed by atoms with Gasteiger partial charge in [0.2, 0.25) is 15.9 Å². The summed E-state index contributed by atoms with van der Waals surface area (Å²) in [5.74, 6) is 1.55. The van der Waals surface area contributed by atoms with Crippen LogP contribution in [0.1, 0.15) is 0 Å². The van der Waals surface area contributed by atoms with Crippen LogP contribution in [0.25, 0.3) is 0 Å². The third-order valence-electron chi connectivity index (χ3n) is 2.32. The van der Waals surface area contributed by atoms with Gasteiger partial charge in [0, 0.05) is 6.07 Å². The molecule has 0 atom stereocenters. The lowest BCUT2D eigenvalue weighted by Crippen LogP contribution is -2.12. The monoisotopic (exact) mass is 280 g/mol. The molecule has 0 aliphatic heterocycles. The van der Waals surface area contributed by atoms with E-state index >= 15 is 0 Å². The first kappa shape index (κ1) is 13.3. The highest BCUT2D eigenvalue weighted by Crippen LogP contribution is 2.22. The van der Waals surface area contributed by atoms with Crippen LogP contribution >= 0.6 is 0 Å². The number of ether oxygens (including phenoxy) is 2. The van der Waals surface area contributed by atoms with Crippen LogP contribution in [-0.4, -0.2) is 20.5 Å². The summed E-state index contributed by atoms with van der Waals surface area (Å²) in [5, 5.41) is 4.97. The zero-order valence-electron chi connectivity index (χ0n) is 10.1. The Balaban J connectivity index is 2.15. The summed E-state index contributed by atoms with van der Waals surface area (Å²) in [6.07, 6.45) is 1.15. The lowest BCUT2D eigenvalue weighted by Gasteiger charge is -2.06. The molecule has 0 bridgehead atoms. The quantitative estimate of drug-likeness (QED) is 0.917. The van der Waals surface area contributed by atoms with Crippen LogP contribution in [0.2, 0.25) is 0 Å². The molecular formula is C12H12N2O4S. The van der Waals surface area contributed by atoms with Gasteiger partial charge in [-0.25, -0.2) is 18.5 Å². The van der Waals surface area contributed by atoms with Gasteiger partial charge in [0.15, 0.2) is 0 Å². The molecule has 0 spiro atoms. The van der Waals surface area contributed by atoms with Gasteiger partial charge in [-0.15, -0.1) is 0 Å². The maximum atomic E-state index is 11.1. The molecule has 7 heteroatoms. The molecule has 100 valence electrons. The molecule has 0 saturated carbocycles. The van der Waals surface area contributed by atoms with Gasteiger partial charge in [-0.3, -0.25) is 0 Å². The Labute approximate surface area is 110 Å². The Bertz CT molecular complexity index is 651. The molecule has 1 aromatic heterocycles. The lowest BCUT2D eigenvalue weighted by molar-refractivity contribution is 0.412. The molecule has 0 aliphatic rings. The Morgan fingerprint density at radius 1 is 1.05 bits per heavy atom. The molecule has 0 saturated heterocycles. The van der Waals surface area contributed by atoms with E-state index in [0.717, 1.165) is 6.20 Å². The molecule has 0 radical (unpaired) electrons. The lowest BCUT2D eigenvalue weighted by atomic mass is 10.3. The van der Waals surface area contributed by atoms with E-state index in [-0.39, 0.29) is 10.8 Å². The van der Waals surface area contributed by atoms with E-state index in [1.807, 2.05) is 0 Å². The van der Waals surface area contributed by atoms with E-state index in [2.05, 4.69) is 4.98 Å². The van der Waals surface area contributed by atoms with Crippen molar-refractivity contribution < 1.29 is 17.9 Å². The minimum Gasteiger partial charge on any atom is -0.497 e. The van der Waals surface area contributed by atoms with Crippen molar-refractivity contribution in [2.45, 2.75) is 4.90 Å². The number of methoxy groups -OCH3 is 1. The van der Waals surface area contributed by atoms with Crippen molar-refractivity contribution in [1.29, 1.82) is 0 Å². The first-order chi connectivity index (χ1) is 8.99. The van der Waals surface area contributed by atoms with Gasteiger partial charge in [-0.1, -0.05) is 0 Å². The smallest absolute Gasteiger partial charge is 0.239 e. The van der Waals surface area contributed by atoms with E-state index in [1.165, 1.54) is 12.1 Å². The standard InChI is InChI=1S/C12H12N2O4S/c1-17-9-2-4-10(5-3-9)18-12-7-6-11(8-14-12)19(13,15)16/h2-8H,1H3,(H2,13,15,16). The molecule has 19 heavy (non-hydrogen) atoms. The maximum absolute atomic E-state index is 11.1. The number of benzene rings is 1. The Hall–Kier alpha value is -2.12. The fourth-order valence-electron chi connectivity index (χ4n) is 1.36. The van der Waals surface area contributed by atoms with Crippen molar-refractivity contribution in [1.82, 2.24) is 4.98 Å². The van der Waals surface area contributed by atoms with Gasteiger partial charge < -0.3 is 9.47 Å². The summed E-state index contributed by atoms with van der Waals surface area (Å²) < 4.78 is 32.6. The molecule has 1 heterocycles. The highest BCUT2D eigenvalue weighted by molar-refractivity contribution is 7.89. The predicted molar refractivity (Wildman–Crippen MR) is 68.7 cm³/mol. The van der Waals surface area contributed by atoms with Crippen LogP contribution in [0.5, 0.6) is 17.4 Å². The van der Waals surface area contributed by atoms with Gasteiger partial charge in [-0.05, 0) is 30.3 Å². The van der Waals surface area contributed by atoms with Crippen LogP contribution < -0.4 is 14.6 Å². The van der Waals surface area contributed by atoms with E-state index in [4.69, 9.17) is 14.6 Å². The Kier molecular flexibility index (Phi) is 3.68. The molecule has 0 amide bonds. The summed E-state index contributed by atoms with van der Waals surface area (Å²) in [5.41, 5.74) is 0. The highest BCUT2D eigenvalue weighted by Gasteiger charge is 2.08. The minimum atomic E-state index is -3.74. The topological polar surface area (TPSA) is 91.5 Å². The fourth-order valence-corrected chi connectivity index (χ4v) is 1.82. The van der Waals surface area contributed by atoms with Crippen molar-refractivity contribution in [3.8, 4) is 17.4 Å². The Morgan fingerprint density at radius 3 is 2.16 bits per heavy atom. The summed E-state index contributed by atoms with van der Waals surface area (Å²) in [4.78, 5) is 3.81. The van der Waals surface area contributed by atoms with Crippen LogP contribution in [0, 0.1) is 0 Å². The molecular weight excluding hydrogens is 268 g/mol. The number of hydrogen-bond acceptors (Lipinski definition) is 5. The van der Waals surface area contributed by atoms with Crippen LogP contribution in [-0.2, 0) is 10.0 Å². The summed E-state index contributed by atoms with van der Waals surface area (Å²) in [6, 6.07) is 9.69. The summed E-state index contributed by atoms with van der Waals surface area (Å²) in [7, 11) is -2.16. The number of pyridine rings is 1. The van der Waals surface area contributed by atoms with Crippen molar-refractivity contribution >= 4 is 10.0 Å². The number of nitrogens with two attached hydrogens (primary N) is 1.